The molecule has 0 aliphatic heterocycles. The first kappa shape index (κ1) is 31.3. The highest BCUT2D eigenvalue weighted by molar-refractivity contribution is 5.79. The smallest absolute Gasteiger partial charge is 0.222 e. The number of nitrogens with one attached hydrogen (secondary N) is 2. The Morgan fingerprint density at radius 1 is 0.556 bits per heavy atom. The van der Waals surface area contributed by atoms with Gasteiger partial charge in [0.25, 0.3) is 0 Å². The molecule has 0 aliphatic carbocycles. The number of aromatic nitrogens is 6. The summed E-state index contributed by atoms with van der Waals surface area (Å²) in [4.78, 5) is 20.3. The van der Waals surface area contributed by atoms with Gasteiger partial charge in [0.15, 0.2) is 0 Å². The van der Waals surface area contributed by atoms with E-state index in [9.17, 15) is 14.0 Å². The number of benzene rings is 2. The minimum Gasteiger partial charge on any atom is -0.341 e. The molecule has 0 aliphatic rings. The second-order valence-electron chi connectivity index (χ2n) is 12.8. The van der Waals surface area contributed by atoms with E-state index in [0.29, 0.717) is 0 Å². The molecule has 4 aromatic heterocycles. The lowest BCUT2D eigenvalue weighted by molar-refractivity contribution is -0.904. The molecule has 4 heterocycles. The first-order valence-electron chi connectivity index (χ1n) is 14.6. The zero-order valence-corrected chi connectivity index (χ0v) is 26.2. The van der Waals surface area contributed by atoms with Gasteiger partial charge in [-0.3, -0.25) is 10.2 Å². The molecule has 0 atom stereocenters. The highest BCUT2D eigenvalue weighted by atomic mass is 19.1. The van der Waals surface area contributed by atoms with Gasteiger partial charge in [-0.25, -0.2) is 18.7 Å². The van der Waals surface area contributed by atoms with Gasteiger partial charge in [0.1, 0.15) is 23.3 Å². The van der Waals surface area contributed by atoms with E-state index in [2.05, 4.69) is 56.5 Å². The van der Waals surface area contributed by atoms with Crippen LogP contribution in [-0.4, -0.2) is 30.1 Å². The average Bonchev–Trinajstić information content (AvgIpc) is 3.66. The zero-order valence-electron chi connectivity index (χ0n) is 26.2. The van der Waals surface area contributed by atoms with Crippen LogP contribution in [0.25, 0.3) is 45.0 Å². The quantitative estimate of drug-likeness (QED) is 0.139. The van der Waals surface area contributed by atoms with Crippen LogP contribution in [0.5, 0.6) is 0 Å². The normalized spacial score (nSPS) is 11.6. The van der Waals surface area contributed by atoms with Crippen LogP contribution < -0.4 is 4.73 Å². The van der Waals surface area contributed by atoms with Crippen LogP contribution in [0.3, 0.4) is 0 Å². The van der Waals surface area contributed by atoms with E-state index >= 15 is 0 Å². The fourth-order valence-corrected chi connectivity index (χ4v) is 4.61. The van der Waals surface area contributed by atoms with Crippen molar-refractivity contribution in [1.82, 2.24) is 24.9 Å². The molecule has 6 rings (SSSR count). The van der Waals surface area contributed by atoms with Gasteiger partial charge in [0.2, 0.25) is 12.4 Å². The Morgan fingerprint density at radius 2 is 0.933 bits per heavy atom. The second-order valence-corrected chi connectivity index (χ2v) is 12.8. The molecule has 0 bridgehead atoms. The molecule has 0 unspecified atom stereocenters. The van der Waals surface area contributed by atoms with Crippen LogP contribution in [0, 0.1) is 11.6 Å². The molecule has 0 radical (unpaired) electrons. The molecule has 45 heavy (non-hydrogen) atoms. The van der Waals surface area contributed by atoms with Crippen molar-refractivity contribution in [1.29, 1.82) is 0 Å². The summed E-state index contributed by atoms with van der Waals surface area (Å²) in [7, 11) is 0. The van der Waals surface area contributed by atoms with E-state index in [0.717, 1.165) is 61.4 Å². The lowest BCUT2D eigenvalue weighted by Crippen LogP contribution is -2.27. The van der Waals surface area contributed by atoms with E-state index in [1.807, 2.05) is 12.1 Å². The third kappa shape index (κ3) is 7.32. The van der Waals surface area contributed by atoms with Gasteiger partial charge in [0, 0.05) is 62.3 Å². The summed E-state index contributed by atoms with van der Waals surface area (Å²) >= 11 is 0. The number of pyridine rings is 2. The Hall–Kier alpha value is -5.18. The summed E-state index contributed by atoms with van der Waals surface area (Å²) in [6, 6.07) is 20.2. The molecule has 0 saturated carbocycles. The van der Waals surface area contributed by atoms with Gasteiger partial charge >= 0.3 is 0 Å². The molecule has 7 nitrogen and oxygen atoms in total. The second kappa shape index (κ2) is 12.4. The van der Waals surface area contributed by atoms with Crippen molar-refractivity contribution in [2.24, 2.45) is 0 Å². The Kier molecular flexibility index (Phi) is 8.64. The topological polar surface area (TPSA) is 94.4 Å². The van der Waals surface area contributed by atoms with Crippen molar-refractivity contribution in [2.75, 3.05) is 0 Å². The molecule has 9 heteroatoms. The molecule has 6 aromatic rings. The first-order chi connectivity index (χ1) is 21.3. The third-order valence-electron chi connectivity index (χ3n) is 7.14. The number of rotatable bonds is 4. The molecule has 3 N–H and O–H groups in total. The van der Waals surface area contributed by atoms with Crippen LogP contribution in [0.2, 0.25) is 0 Å². The van der Waals surface area contributed by atoms with Crippen LogP contribution in [0.15, 0.2) is 97.6 Å². The minimum atomic E-state index is -0.275. The summed E-state index contributed by atoms with van der Waals surface area (Å²) in [5.74, 6) is 1.23. The summed E-state index contributed by atoms with van der Waals surface area (Å²) in [5, 5.41) is 9.40. The highest BCUT2D eigenvalue weighted by Crippen LogP contribution is 2.34. The van der Waals surface area contributed by atoms with Gasteiger partial charge in [-0.1, -0.05) is 41.5 Å². The maximum Gasteiger partial charge on any atom is 0.222 e. The molecule has 0 spiro atoms. The maximum atomic E-state index is 13.2. The van der Waals surface area contributed by atoms with Crippen LogP contribution in [0.4, 0.5) is 8.78 Å². The fourth-order valence-electron chi connectivity index (χ4n) is 4.61. The molecule has 0 saturated heterocycles. The van der Waals surface area contributed by atoms with Crippen molar-refractivity contribution in [3.63, 3.8) is 0 Å². The van der Waals surface area contributed by atoms with Crippen molar-refractivity contribution in [3.8, 4) is 45.0 Å². The van der Waals surface area contributed by atoms with E-state index < -0.39 is 0 Å². The van der Waals surface area contributed by atoms with Gasteiger partial charge in [-0.2, -0.15) is 0 Å². The SMILES string of the molecule is CC(C)(C)c1nc(-c2ccc(F)cc2)c(-c2cc[n+](O)cc2)[nH]1.CC(C)(C)c1nc(-c2ccc(F)cc2)c(-c2ccncc2)[nH]1. The molecule has 230 valence electrons. The number of nitrogens with zero attached hydrogens (tertiary/aromatic N) is 4. The number of halogens is 2. The monoisotopic (exact) mass is 607 g/mol. The lowest BCUT2D eigenvalue weighted by Gasteiger charge is -2.14. The molecule has 2 aromatic carbocycles. The van der Waals surface area contributed by atoms with E-state index in [4.69, 9.17) is 9.97 Å². The lowest BCUT2D eigenvalue weighted by atomic mass is 9.96. The summed E-state index contributed by atoms with van der Waals surface area (Å²) in [6.07, 6.45) is 6.62. The van der Waals surface area contributed by atoms with E-state index in [1.54, 1.807) is 61.2 Å². The Balaban J connectivity index is 0.000000178. The molecular weight excluding hydrogens is 570 g/mol. The molecular formula is C36H37F2N6O+. The van der Waals surface area contributed by atoms with Crippen LogP contribution in [0.1, 0.15) is 53.2 Å². The third-order valence-corrected chi connectivity index (χ3v) is 7.14. The summed E-state index contributed by atoms with van der Waals surface area (Å²) in [5.41, 5.74) is 6.78. The average molecular weight is 608 g/mol. The van der Waals surface area contributed by atoms with Crippen molar-refractivity contribution < 1.29 is 18.7 Å². The van der Waals surface area contributed by atoms with Crippen molar-refractivity contribution >= 4 is 0 Å². The van der Waals surface area contributed by atoms with Crippen LogP contribution in [-0.2, 0) is 10.8 Å². The fraction of sp³-hybridized carbons (Fsp3) is 0.222. The Labute approximate surface area is 261 Å². The van der Waals surface area contributed by atoms with Gasteiger partial charge in [0.05, 0.1) is 22.8 Å². The Bertz CT molecular complexity index is 1800. The van der Waals surface area contributed by atoms with Gasteiger partial charge in [-0.05, 0) is 60.7 Å². The molecule has 0 fully saturated rings. The maximum absolute atomic E-state index is 13.2. The van der Waals surface area contributed by atoms with Crippen LogP contribution >= 0.6 is 0 Å². The van der Waals surface area contributed by atoms with E-state index in [-0.39, 0.29) is 22.5 Å². The summed E-state index contributed by atoms with van der Waals surface area (Å²) in [6.45, 7) is 12.6. The number of H-pyrrole nitrogens is 2. The largest absolute Gasteiger partial charge is 0.341 e. The predicted octanol–water partition coefficient (Wildman–Crippen LogP) is 8.28. The van der Waals surface area contributed by atoms with Crippen molar-refractivity contribution in [2.45, 2.75) is 52.4 Å². The first-order valence-corrected chi connectivity index (χ1v) is 14.6. The van der Waals surface area contributed by atoms with Crippen molar-refractivity contribution in [3.05, 3.63) is 121 Å². The number of imidazole rings is 2. The number of hydrogen-bond acceptors (Lipinski definition) is 4. The standard InChI is InChI=1S/C18H18FN3O.C18H18FN3/c1-18(2,3)17-20-15(12-4-6-14(19)7-5-12)16(21-17)13-8-10-22(23)11-9-13;1-18(2,3)17-21-15(12-4-6-14(19)7-5-12)16(22-17)13-8-10-20-11-9-13/h4-11,23H,1-3H3;4-11H,1-3H3,(H,21,22)/p+1. The molecule has 0 amide bonds. The highest BCUT2D eigenvalue weighted by Gasteiger charge is 2.24. The number of aromatic amines is 2. The minimum absolute atomic E-state index is 0.0972. The van der Waals surface area contributed by atoms with Gasteiger partial charge in [-0.15, -0.1) is 0 Å². The Morgan fingerprint density at radius 3 is 1.31 bits per heavy atom. The number of hydrogen-bond donors (Lipinski definition) is 3. The van der Waals surface area contributed by atoms with E-state index in [1.165, 1.54) is 24.3 Å². The van der Waals surface area contributed by atoms with Gasteiger partial charge < -0.3 is 9.97 Å². The predicted molar refractivity (Wildman–Crippen MR) is 171 cm³/mol. The zero-order chi connectivity index (χ0) is 32.4. The summed E-state index contributed by atoms with van der Waals surface area (Å²) < 4.78 is 27.4.